The first kappa shape index (κ1) is 89.2. The summed E-state index contributed by atoms with van der Waals surface area (Å²) in [5.74, 6) is -1.97. The zero-order chi connectivity index (χ0) is 71.1. The normalized spacial score (nSPS) is 27.7. The van der Waals surface area contributed by atoms with Gasteiger partial charge in [-0.1, -0.05) is 271 Å². The Morgan fingerprint density at radius 3 is 1.01 bits per heavy atom. The Hall–Kier alpha value is -2.04. The van der Waals surface area contributed by atoms with Crippen molar-refractivity contribution in [1.29, 1.82) is 0 Å². The van der Waals surface area contributed by atoms with Crippen LogP contribution in [-0.2, 0) is 61.2 Å². The molecular formula is C72H135O24P. The highest BCUT2D eigenvalue weighted by atomic mass is 31.2. The summed E-state index contributed by atoms with van der Waals surface area (Å²) in [4.78, 5) is 51.0. The molecule has 24 nitrogen and oxygen atoms in total. The van der Waals surface area contributed by atoms with Crippen LogP contribution in [0, 0.1) is 0 Å². The standard InChI is InChI=1S/C72H135O24P/c1-4-7-10-13-16-19-22-24-26-27-28-30-33-36-39-42-45-48-58(76)91-53(50-88-56(74)46-43-40-37-34-31-21-18-15-12-9-6-3)51-90-97(86,87)96-70-68(94-71-66(84)61(79)59(77)54(49-73)92-71)64(82)63(81)65(83)69(70)95-72-67(85)62(80)60(78)55(93-72)52-89-57(75)47-44-41-38-35-32-29-25-23-20-17-14-11-8-5-2/h53-55,59-73,77-85H,4-52H2,1-3H3,(H,86,87). The van der Waals surface area contributed by atoms with Crippen LogP contribution in [0.4, 0.5) is 0 Å². The third-order valence-electron chi connectivity index (χ3n) is 19.1. The van der Waals surface area contributed by atoms with Crippen molar-refractivity contribution in [2.75, 3.05) is 26.4 Å². The zero-order valence-corrected chi connectivity index (χ0v) is 60.5. The number of phosphoric acid groups is 1. The number of carbonyl (C=O) groups excluding carboxylic acids is 3. The highest BCUT2D eigenvalue weighted by Crippen LogP contribution is 2.49. The Bertz CT molecular complexity index is 2010. The lowest BCUT2D eigenvalue weighted by Gasteiger charge is -2.49. The SMILES string of the molecule is CCCCCCCCCCCCCCCCCCCC(=O)OC(COC(=O)CCCCCCCCCCCCC)COP(=O)(O)OC1C(OC2OC(CO)C(O)C(O)C2O)C(O)C(O)C(O)C1OC1OC(COC(=O)CCCCCCCCCCCCCCCC)C(O)C(O)C1O. The first-order valence-corrected chi connectivity index (χ1v) is 39.8. The second-order valence-electron chi connectivity index (χ2n) is 27.7. The highest BCUT2D eigenvalue weighted by Gasteiger charge is 2.58. The number of hydrogen-bond acceptors (Lipinski definition) is 23. The van der Waals surface area contributed by atoms with E-state index in [1.807, 2.05) is 0 Å². The molecular weight excluding hydrogens is 1280 g/mol. The Morgan fingerprint density at radius 1 is 0.361 bits per heavy atom. The van der Waals surface area contributed by atoms with Crippen LogP contribution in [0.5, 0.6) is 0 Å². The summed E-state index contributed by atoms with van der Waals surface area (Å²) >= 11 is 0. The van der Waals surface area contributed by atoms with Gasteiger partial charge in [-0.3, -0.25) is 23.4 Å². The maximum atomic E-state index is 14.3. The lowest BCUT2D eigenvalue weighted by atomic mass is 9.84. The van der Waals surface area contributed by atoms with E-state index in [2.05, 4.69) is 20.8 Å². The van der Waals surface area contributed by atoms with E-state index in [1.54, 1.807) is 0 Å². The predicted octanol–water partition coefficient (Wildman–Crippen LogP) is 10.6. The molecule has 0 amide bonds. The first-order chi connectivity index (χ1) is 46.8. The lowest BCUT2D eigenvalue weighted by molar-refractivity contribution is -0.360. The molecule has 572 valence electrons. The third-order valence-corrected chi connectivity index (χ3v) is 20.1. The summed E-state index contributed by atoms with van der Waals surface area (Å²) in [6, 6.07) is 0. The van der Waals surface area contributed by atoms with Crippen LogP contribution in [0.2, 0.25) is 0 Å². The minimum atomic E-state index is -5.69. The van der Waals surface area contributed by atoms with E-state index in [4.69, 9.17) is 42.2 Å². The van der Waals surface area contributed by atoms with Gasteiger partial charge in [-0.15, -0.1) is 0 Å². The average molecular weight is 1420 g/mol. The molecule has 2 aliphatic heterocycles. The molecule has 0 radical (unpaired) electrons. The van der Waals surface area contributed by atoms with Crippen LogP contribution in [0.3, 0.4) is 0 Å². The Balaban J connectivity index is 1.72. The molecule has 1 saturated carbocycles. The van der Waals surface area contributed by atoms with E-state index in [9.17, 15) is 74.9 Å². The van der Waals surface area contributed by atoms with Gasteiger partial charge < -0.3 is 89.1 Å². The van der Waals surface area contributed by atoms with Gasteiger partial charge in [0.05, 0.1) is 13.2 Å². The van der Waals surface area contributed by atoms with Crippen molar-refractivity contribution >= 4 is 25.7 Å². The number of carbonyl (C=O) groups is 3. The van der Waals surface area contributed by atoms with Crippen molar-refractivity contribution in [2.45, 2.75) is 414 Å². The molecule has 2 saturated heterocycles. The van der Waals surface area contributed by atoms with E-state index in [0.717, 1.165) is 96.3 Å². The van der Waals surface area contributed by atoms with Crippen LogP contribution >= 0.6 is 7.82 Å². The number of aliphatic hydroxyl groups excluding tert-OH is 10. The zero-order valence-electron chi connectivity index (χ0n) is 59.6. The van der Waals surface area contributed by atoms with Gasteiger partial charge in [0, 0.05) is 19.3 Å². The summed E-state index contributed by atoms with van der Waals surface area (Å²) in [7, 11) is -5.69. The van der Waals surface area contributed by atoms with Crippen LogP contribution in [0.15, 0.2) is 0 Å². The van der Waals surface area contributed by atoms with Gasteiger partial charge in [0.25, 0.3) is 0 Å². The van der Waals surface area contributed by atoms with Gasteiger partial charge in [0.2, 0.25) is 0 Å². The molecule has 0 aromatic heterocycles. The number of aliphatic hydroxyl groups is 10. The molecule has 18 atom stereocenters. The Labute approximate surface area is 580 Å². The maximum Gasteiger partial charge on any atom is 0.472 e. The summed E-state index contributed by atoms with van der Waals surface area (Å²) in [6.07, 6.45) is 11.7. The number of unbranched alkanes of at least 4 members (excludes halogenated alkanes) is 39. The molecule has 2 heterocycles. The molecule has 18 unspecified atom stereocenters. The van der Waals surface area contributed by atoms with Gasteiger partial charge in [-0.05, 0) is 19.3 Å². The molecule has 0 aromatic rings. The summed E-state index contributed by atoms with van der Waals surface area (Å²) in [5.41, 5.74) is 0. The molecule has 0 aromatic carbocycles. The fraction of sp³-hybridized carbons (Fsp3) is 0.958. The monoisotopic (exact) mass is 1410 g/mol. The van der Waals surface area contributed by atoms with Crippen molar-refractivity contribution in [3.8, 4) is 0 Å². The summed E-state index contributed by atoms with van der Waals surface area (Å²) in [6.45, 7) is 3.47. The largest absolute Gasteiger partial charge is 0.472 e. The molecule has 3 fully saturated rings. The van der Waals surface area contributed by atoms with Crippen molar-refractivity contribution in [3.63, 3.8) is 0 Å². The second kappa shape index (κ2) is 54.6. The van der Waals surface area contributed by atoms with E-state index in [-0.39, 0.29) is 19.3 Å². The fourth-order valence-corrected chi connectivity index (χ4v) is 13.8. The molecule has 97 heavy (non-hydrogen) atoms. The molecule has 25 heteroatoms. The van der Waals surface area contributed by atoms with Gasteiger partial charge in [-0.25, -0.2) is 4.57 Å². The minimum absolute atomic E-state index is 0.0329. The number of phosphoric ester groups is 1. The number of hydrogen-bond donors (Lipinski definition) is 11. The fourth-order valence-electron chi connectivity index (χ4n) is 12.9. The van der Waals surface area contributed by atoms with Crippen LogP contribution in [0.25, 0.3) is 0 Å². The topological polar surface area (TPSA) is 374 Å². The van der Waals surface area contributed by atoms with E-state index in [0.29, 0.717) is 19.3 Å². The second-order valence-corrected chi connectivity index (χ2v) is 29.1. The molecule has 3 aliphatic rings. The summed E-state index contributed by atoms with van der Waals surface area (Å²) in [5, 5.41) is 110. The van der Waals surface area contributed by atoms with Crippen molar-refractivity contribution in [1.82, 2.24) is 0 Å². The number of esters is 3. The smallest absolute Gasteiger partial charge is 0.463 e. The summed E-state index contributed by atoms with van der Waals surface area (Å²) < 4.78 is 65.0. The molecule has 11 N–H and O–H groups in total. The van der Waals surface area contributed by atoms with E-state index >= 15 is 0 Å². The first-order valence-electron chi connectivity index (χ1n) is 38.3. The maximum absolute atomic E-state index is 14.3. The van der Waals surface area contributed by atoms with Gasteiger partial charge in [0.15, 0.2) is 18.7 Å². The van der Waals surface area contributed by atoms with Crippen molar-refractivity contribution in [3.05, 3.63) is 0 Å². The number of rotatable bonds is 60. The Kier molecular flexibility index (Phi) is 50.2. The minimum Gasteiger partial charge on any atom is -0.463 e. The van der Waals surface area contributed by atoms with Crippen LogP contribution < -0.4 is 0 Å². The van der Waals surface area contributed by atoms with E-state index in [1.165, 1.54) is 154 Å². The van der Waals surface area contributed by atoms with Gasteiger partial charge in [0.1, 0.15) is 98.7 Å². The van der Waals surface area contributed by atoms with Crippen molar-refractivity contribution in [2.24, 2.45) is 0 Å². The Morgan fingerprint density at radius 2 is 0.660 bits per heavy atom. The predicted molar refractivity (Wildman–Crippen MR) is 365 cm³/mol. The highest BCUT2D eigenvalue weighted by molar-refractivity contribution is 7.47. The molecule has 0 bridgehead atoms. The van der Waals surface area contributed by atoms with Gasteiger partial charge >= 0.3 is 25.7 Å². The number of ether oxygens (including phenoxy) is 7. The third kappa shape index (κ3) is 37.8. The molecule has 3 rings (SSSR count). The average Bonchev–Trinajstić information content (AvgIpc) is 0.765. The van der Waals surface area contributed by atoms with E-state index < -0.39 is 156 Å². The van der Waals surface area contributed by atoms with Crippen molar-refractivity contribution < 1.29 is 117 Å². The van der Waals surface area contributed by atoms with Crippen LogP contribution in [-0.4, -0.2) is 204 Å². The lowest BCUT2D eigenvalue weighted by Crippen LogP contribution is -2.69. The molecule has 0 spiro atoms. The van der Waals surface area contributed by atoms with Crippen LogP contribution in [0.1, 0.15) is 310 Å². The van der Waals surface area contributed by atoms with Gasteiger partial charge in [-0.2, -0.15) is 0 Å². The quantitative estimate of drug-likeness (QED) is 0.0117. The molecule has 1 aliphatic carbocycles.